The number of ether oxygens (including phenoxy) is 2. The standard InChI is InChI=1S/C22H20ClF3N2O3/c1-4-30-22(29)20-7-12(2)28(27-20)13(3)16-8-14(23)5-6-21(16)31-11-17-18(25)9-15(24)10-19(17)26/h5-10,13H,4,11H2,1-3H3. The van der Waals surface area contributed by atoms with Crippen LogP contribution >= 0.6 is 11.6 Å². The van der Waals surface area contributed by atoms with Gasteiger partial charge in [0.2, 0.25) is 0 Å². The molecule has 0 fully saturated rings. The van der Waals surface area contributed by atoms with E-state index in [4.69, 9.17) is 21.1 Å². The second kappa shape index (κ2) is 9.43. The van der Waals surface area contributed by atoms with Gasteiger partial charge in [-0.1, -0.05) is 11.6 Å². The van der Waals surface area contributed by atoms with E-state index < -0.39 is 41.6 Å². The topological polar surface area (TPSA) is 53.4 Å². The number of rotatable bonds is 7. The number of aryl methyl sites for hydroxylation is 1. The van der Waals surface area contributed by atoms with E-state index >= 15 is 0 Å². The van der Waals surface area contributed by atoms with Crippen LogP contribution in [-0.4, -0.2) is 22.4 Å². The smallest absolute Gasteiger partial charge is 0.358 e. The zero-order valence-electron chi connectivity index (χ0n) is 17.1. The van der Waals surface area contributed by atoms with Crippen molar-refractivity contribution >= 4 is 17.6 Å². The summed E-state index contributed by atoms with van der Waals surface area (Å²) >= 11 is 6.15. The number of esters is 1. The monoisotopic (exact) mass is 452 g/mol. The van der Waals surface area contributed by atoms with Crippen molar-refractivity contribution in [1.82, 2.24) is 9.78 Å². The summed E-state index contributed by atoms with van der Waals surface area (Å²) in [6.45, 7) is 5.06. The Morgan fingerprint density at radius 2 is 1.84 bits per heavy atom. The van der Waals surface area contributed by atoms with Gasteiger partial charge in [0, 0.05) is 28.4 Å². The average Bonchev–Trinajstić information content (AvgIpc) is 3.09. The quantitative estimate of drug-likeness (QED) is 0.436. The lowest BCUT2D eigenvalue weighted by Crippen LogP contribution is -2.14. The van der Waals surface area contributed by atoms with E-state index in [2.05, 4.69) is 5.10 Å². The third-order valence-corrected chi connectivity index (χ3v) is 4.91. The Labute approximate surface area is 182 Å². The van der Waals surface area contributed by atoms with E-state index in [1.807, 2.05) is 6.92 Å². The van der Waals surface area contributed by atoms with Gasteiger partial charge in [0.15, 0.2) is 5.69 Å². The van der Waals surface area contributed by atoms with Gasteiger partial charge in [-0.2, -0.15) is 5.10 Å². The molecule has 0 bridgehead atoms. The normalized spacial score (nSPS) is 12.0. The average molecular weight is 453 g/mol. The van der Waals surface area contributed by atoms with Crippen molar-refractivity contribution in [2.45, 2.75) is 33.4 Å². The molecule has 5 nitrogen and oxygen atoms in total. The summed E-state index contributed by atoms with van der Waals surface area (Å²) in [6.07, 6.45) is 0. The van der Waals surface area contributed by atoms with E-state index in [-0.39, 0.29) is 12.3 Å². The molecule has 1 aromatic heterocycles. The molecule has 1 unspecified atom stereocenters. The summed E-state index contributed by atoms with van der Waals surface area (Å²) in [5, 5.41) is 4.73. The van der Waals surface area contributed by atoms with Gasteiger partial charge in [-0.25, -0.2) is 18.0 Å². The molecule has 1 atom stereocenters. The summed E-state index contributed by atoms with van der Waals surface area (Å²) in [5.41, 5.74) is 1.04. The highest BCUT2D eigenvalue weighted by molar-refractivity contribution is 6.30. The first kappa shape index (κ1) is 22.7. The minimum atomic E-state index is -1.04. The van der Waals surface area contributed by atoms with Crippen LogP contribution < -0.4 is 4.74 Å². The molecule has 31 heavy (non-hydrogen) atoms. The summed E-state index contributed by atoms with van der Waals surface area (Å²) in [4.78, 5) is 12.0. The number of benzene rings is 2. The number of hydrogen-bond acceptors (Lipinski definition) is 4. The van der Waals surface area contributed by atoms with E-state index in [0.717, 1.165) is 0 Å². The van der Waals surface area contributed by atoms with Crippen LogP contribution in [0.2, 0.25) is 5.02 Å². The predicted octanol–water partition coefficient (Wildman–Crippen LogP) is 5.63. The molecule has 0 N–H and O–H groups in total. The summed E-state index contributed by atoms with van der Waals surface area (Å²) in [7, 11) is 0. The molecule has 2 aromatic carbocycles. The SMILES string of the molecule is CCOC(=O)c1cc(C)n(C(C)c2cc(Cl)ccc2OCc2c(F)cc(F)cc2F)n1. The molecule has 9 heteroatoms. The predicted molar refractivity (Wildman–Crippen MR) is 109 cm³/mol. The minimum absolute atomic E-state index is 0.158. The van der Waals surface area contributed by atoms with Gasteiger partial charge in [0.05, 0.1) is 18.2 Å². The van der Waals surface area contributed by atoms with Crippen molar-refractivity contribution in [3.63, 3.8) is 0 Å². The Kier molecular flexibility index (Phi) is 6.90. The summed E-state index contributed by atoms with van der Waals surface area (Å²) < 4.78 is 53.3. The lowest BCUT2D eigenvalue weighted by Gasteiger charge is -2.19. The van der Waals surface area contributed by atoms with E-state index in [0.29, 0.717) is 34.2 Å². The summed E-state index contributed by atoms with van der Waals surface area (Å²) in [6, 6.07) is 7.14. The number of halogens is 4. The highest BCUT2D eigenvalue weighted by Crippen LogP contribution is 2.32. The molecule has 0 saturated heterocycles. The third-order valence-electron chi connectivity index (χ3n) is 4.67. The zero-order valence-corrected chi connectivity index (χ0v) is 17.8. The van der Waals surface area contributed by atoms with Crippen molar-refractivity contribution in [2.24, 2.45) is 0 Å². The second-order valence-electron chi connectivity index (χ2n) is 6.83. The fourth-order valence-electron chi connectivity index (χ4n) is 3.15. The van der Waals surface area contributed by atoms with Crippen molar-refractivity contribution in [2.75, 3.05) is 6.61 Å². The lowest BCUT2D eigenvalue weighted by atomic mass is 10.1. The van der Waals surface area contributed by atoms with Gasteiger partial charge in [-0.3, -0.25) is 4.68 Å². The van der Waals surface area contributed by atoms with Crippen LogP contribution in [0.5, 0.6) is 5.75 Å². The maximum atomic E-state index is 14.0. The fraction of sp³-hybridized carbons (Fsp3) is 0.273. The van der Waals surface area contributed by atoms with Gasteiger partial charge < -0.3 is 9.47 Å². The molecule has 0 saturated carbocycles. The maximum Gasteiger partial charge on any atom is 0.358 e. The van der Waals surface area contributed by atoms with E-state index in [9.17, 15) is 18.0 Å². The number of hydrogen-bond donors (Lipinski definition) is 0. The Bertz CT molecular complexity index is 1090. The molecule has 1 heterocycles. The van der Waals surface area contributed by atoms with Crippen LogP contribution in [0.4, 0.5) is 13.2 Å². The second-order valence-corrected chi connectivity index (χ2v) is 7.27. The van der Waals surface area contributed by atoms with Crippen LogP contribution in [0.25, 0.3) is 0 Å². The number of carbonyl (C=O) groups excluding carboxylic acids is 1. The highest BCUT2D eigenvalue weighted by Gasteiger charge is 2.21. The summed E-state index contributed by atoms with van der Waals surface area (Å²) in [5.74, 6) is -3.31. The van der Waals surface area contributed by atoms with E-state index in [1.54, 1.807) is 42.8 Å². The molecule has 3 rings (SSSR count). The Balaban J connectivity index is 1.91. The minimum Gasteiger partial charge on any atom is -0.488 e. The molecule has 0 radical (unpaired) electrons. The van der Waals surface area contributed by atoms with Gasteiger partial charge in [0.25, 0.3) is 0 Å². The van der Waals surface area contributed by atoms with Crippen molar-refractivity contribution in [1.29, 1.82) is 0 Å². The number of aromatic nitrogens is 2. The van der Waals surface area contributed by atoms with Crippen molar-refractivity contribution in [3.8, 4) is 5.75 Å². The van der Waals surface area contributed by atoms with Crippen LogP contribution in [0.15, 0.2) is 36.4 Å². The first-order valence-electron chi connectivity index (χ1n) is 9.50. The van der Waals surface area contributed by atoms with Crippen LogP contribution in [0.3, 0.4) is 0 Å². The largest absolute Gasteiger partial charge is 0.488 e. The van der Waals surface area contributed by atoms with Gasteiger partial charge >= 0.3 is 5.97 Å². The lowest BCUT2D eigenvalue weighted by molar-refractivity contribution is 0.0518. The first-order valence-corrected chi connectivity index (χ1v) is 9.88. The highest BCUT2D eigenvalue weighted by atomic mass is 35.5. The van der Waals surface area contributed by atoms with Gasteiger partial charge in [0.1, 0.15) is 29.8 Å². The first-order chi connectivity index (χ1) is 14.7. The fourth-order valence-corrected chi connectivity index (χ4v) is 3.33. The zero-order chi connectivity index (χ0) is 22.7. The molecule has 0 spiro atoms. The van der Waals surface area contributed by atoms with Crippen LogP contribution in [0, 0.1) is 24.4 Å². The molecule has 0 aliphatic carbocycles. The van der Waals surface area contributed by atoms with Crippen molar-refractivity contribution < 1.29 is 27.4 Å². The molecule has 0 aliphatic rings. The molecular formula is C22H20ClF3N2O3. The number of nitrogens with zero attached hydrogens (tertiary/aromatic N) is 2. The van der Waals surface area contributed by atoms with Crippen LogP contribution in [-0.2, 0) is 11.3 Å². The molecule has 0 amide bonds. The Morgan fingerprint density at radius 1 is 1.16 bits per heavy atom. The molecular weight excluding hydrogens is 433 g/mol. The maximum absolute atomic E-state index is 14.0. The third kappa shape index (κ3) is 5.02. The molecule has 3 aromatic rings. The van der Waals surface area contributed by atoms with E-state index in [1.165, 1.54) is 0 Å². The molecule has 164 valence electrons. The number of carbonyl (C=O) groups is 1. The van der Waals surface area contributed by atoms with Gasteiger partial charge in [-0.05, 0) is 45.0 Å². The van der Waals surface area contributed by atoms with Crippen LogP contribution in [0.1, 0.15) is 47.2 Å². The van der Waals surface area contributed by atoms with Gasteiger partial charge in [-0.15, -0.1) is 0 Å². The van der Waals surface area contributed by atoms with Crippen molar-refractivity contribution in [3.05, 3.63) is 81.4 Å². The Hall–Kier alpha value is -3.00. The Morgan fingerprint density at radius 3 is 2.48 bits per heavy atom. The molecule has 0 aliphatic heterocycles.